The van der Waals surface area contributed by atoms with E-state index in [1.807, 2.05) is 30.3 Å². The van der Waals surface area contributed by atoms with Gasteiger partial charge in [0.2, 0.25) is 5.89 Å². The van der Waals surface area contributed by atoms with E-state index in [1.165, 1.54) is 0 Å². The van der Waals surface area contributed by atoms with Crippen LogP contribution in [0.5, 0.6) is 0 Å². The number of amides is 1. The van der Waals surface area contributed by atoms with Crippen LogP contribution in [0.2, 0.25) is 0 Å². The van der Waals surface area contributed by atoms with E-state index in [2.05, 4.69) is 5.32 Å². The molecule has 2 N–H and O–H groups in total. The number of nitrogens with zero attached hydrogens (tertiary/aromatic N) is 1. The summed E-state index contributed by atoms with van der Waals surface area (Å²) in [5.74, 6) is 0.716. The number of carbonyl (C=O) groups is 1. The fraction of sp³-hybridized carbons (Fsp3) is 0.462. The highest BCUT2D eigenvalue weighted by molar-refractivity contribution is 6.33. The van der Waals surface area contributed by atoms with Gasteiger partial charge in [0.15, 0.2) is 5.58 Å². The molecule has 1 heterocycles. The highest BCUT2D eigenvalue weighted by Crippen LogP contribution is 2.54. The number of aliphatic hydroxyl groups is 1. The molecule has 3 aromatic rings. The van der Waals surface area contributed by atoms with Crippen LogP contribution in [-0.2, 0) is 22.4 Å². The van der Waals surface area contributed by atoms with Gasteiger partial charge in [-0.25, -0.2) is 9.78 Å². The number of hydrogen-bond donors (Lipinski definition) is 2. The molecule has 170 valence electrons. The molecule has 0 spiro atoms. The number of benzene rings is 2. The van der Waals surface area contributed by atoms with Crippen molar-refractivity contribution in [3.8, 4) is 0 Å². The molecule has 3 saturated carbocycles. The zero-order valence-corrected chi connectivity index (χ0v) is 19.2. The molecule has 7 heteroatoms. The Bertz CT molecular complexity index is 1160. The van der Waals surface area contributed by atoms with Crippen LogP contribution in [0.1, 0.15) is 69.4 Å². The number of ether oxygens (including phenoxy) is 1. The van der Waals surface area contributed by atoms with Gasteiger partial charge in [0, 0.05) is 16.5 Å². The zero-order chi connectivity index (χ0) is 23.3. The molecule has 2 aromatic carbocycles. The Kier molecular flexibility index (Phi) is 5.28. The van der Waals surface area contributed by atoms with E-state index in [1.54, 1.807) is 26.0 Å². The van der Waals surface area contributed by atoms with Crippen molar-refractivity contribution in [2.75, 3.05) is 0 Å². The molecule has 1 amide bonds. The molecule has 0 aliphatic heterocycles. The first-order valence-corrected chi connectivity index (χ1v) is 11.6. The quantitative estimate of drug-likeness (QED) is 0.579. The summed E-state index contributed by atoms with van der Waals surface area (Å²) in [5, 5.41) is 13.8. The van der Waals surface area contributed by atoms with E-state index in [4.69, 9.17) is 22.0 Å². The number of fused-ring (bicyclic) bond motifs is 4. The maximum Gasteiger partial charge on any atom is 0.407 e. The van der Waals surface area contributed by atoms with Gasteiger partial charge in [0.05, 0.1) is 5.60 Å². The maximum atomic E-state index is 12.5. The van der Waals surface area contributed by atoms with Gasteiger partial charge < -0.3 is 19.6 Å². The van der Waals surface area contributed by atoms with E-state index in [0.29, 0.717) is 28.0 Å². The first-order chi connectivity index (χ1) is 15.7. The van der Waals surface area contributed by atoms with Crippen LogP contribution in [0.4, 0.5) is 4.79 Å². The summed E-state index contributed by atoms with van der Waals surface area (Å²) < 4.78 is 11.8. The molecular formula is C26H29BN2O4. The van der Waals surface area contributed by atoms with Gasteiger partial charge in [0.1, 0.15) is 20.0 Å². The van der Waals surface area contributed by atoms with E-state index in [0.717, 1.165) is 44.1 Å². The highest BCUT2D eigenvalue weighted by atomic mass is 16.5. The number of oxazole rings is 1. The standard InChI is InChI=1S/C26H29BN2O4/c1-24(2,31)19-14-18(27)15-20-21(19)33-22(28-20)25-8-11-26(12-9-25,13-10-25)29-23(30)32-16-17-6-4-3-5-7-17/h3-7,14-15,31H,8-13,16H2,1-2H3,(H,29,30). The summed E-state index contributed by atoms with van der Waals surface area (Å²) in [6, 6.07) is 13.2. The summed E-state index contributed by atoms with van der Waals surface area (Å²) in [6.45, 7) is 3.71. The minimum Gasteiger partial charge on any atom is -0.445 e. The van der Waals surface area contributed by atoms with Gasteiger partial charge in [-0.3, -0.25) is 0 Å². The second-order valence-corrected chi connectivity index (χ2v) is 10.2. The molecular weight excluding hydrogens is 415 g/mol. The van der Waals surface area contributed by atoms with Crippen molar-refractivity contribution in [1.29, 1.82) is 0 Å². The van der Waals surface area contributed by atoms with Gasteiger partial charge in [-0.15, -0.1) is 0 Å². The number of carbonyl (C=O) groups excluding carboxylic acids is 1. The minimum absolute atomic E-state index is 0.151. The lowest BCUT2D eigenvalue weighted by molar-refractivity contribution is 0.0515. The van der Waals surface area contributed by atoms with Gasteiger partial charge >= 0.3 is 6.09 Å². The third-order valence-corrected chi connectivity index (χ3v) is 7.45. The normalized spacial score (nSPS) is 24.7. The fourth-order valence-corrected chi connectivity index (χ4v) is 5.41. The first kappa shape index (κ1) is 22.0. The molecule has 0 unspecified atom stereocenters. The lowest BCUT2D eigenvalue weighted by Gasteiger charge is -2.51. The Balaban J connectivity index is 1.30. The smallest absolute Gasteiger partial charge is 0.407 e. The summed E-state index contributed by atoms with van der Waals surface area (Å²) in [6.07, 6.45) is 4.84. The van der Waals surface area contributed by atoms with Crippen molar-refractivity contribution >= 4 is 30.5 Å². The third kappa shape index (κ3) is 4.15. The number of rotatable bonds is 5. The van der Waals surface area contributed by atoms with E-state index >= 15 is 0 Å². The molecule has 1 aromatic heterocycles. The fourth-order valence-electron chi connectivity index (χ4n) is 5.41. The van der Waals surface area contributed by atoms with Crippen LogP contribution in [0.25, 0.3) is 11.1 Å². The van der Waals surface area contributed by atoms with Crippen LogP contribution in [0, 0.1) is 0 Å². The van der Waals surface area contributed by atoms with E-state index in [-0.39, 0.29) is 23.7 Å². The largest absolute Gasteiger partial charge is 0.445 e. The summed E-state index contributed by atoms with van der Waals surface area (Å²) in [7, 11) is 6.06. The Morgan fingerprint density at radius 1 is 1.15 bits per heavy atom. The van der Waals surface area contributed by atoms with Gasteiger partial charge in [-0.2, -0.15) is 0 Å². The number of alkyl carbamates (subject to hydrolysis) is 1. The lowest BCUT2D eigenvalue weighted by Crippen LogP contribution is -2.57. The Morgan fingerprint density at radius 3 is 2.45 bits per heavy atom. The van der Waals surface area contributed by atoms with Crippen LogP contribution in [0.3, 0.4) is 0 Å². The van der Waals surface area contributed by atoms with Crippen molar-refractivity contribution < 1.29 is 19.1 Å². The second-order valence-electron chi connectivity index (χ2n) is 10.2. The maximum absolute atomic E-state index is 12.5. The first-order valence-electron chi connectivity index (χ1n) is 11.6. The summed E-state index contributed by atoms with van der Waals surface area (Å²) in [5.41, 5.74) is 2.00. The molecule has 0 atom stereocenters. The second kappa shape index (κ2) is 7.91. The Morgan fingerprint density at radius 2 is 1.82 bits per heavy atom. The Labute approximate surface area is 195 Å². The van der Waals surface area contributed by atoms with Crippen LogP contribution in [0.15, 0.2) is 46.9 Å². The number of hydrogen-bond acceptors (Lipinski definition) is 5. The molecule has 3 fully saturated rings. The van der Waals surface area contributed by atoms with Crippen molar-refractivity contribution in [3.63, 3.8) is 0 Å². The molecule has 2 radical (unpaired) electrons. The summed E-state index contributed by atoms with van der Waals surface area (Å²) >= 11 is 0. The molecule has 6 nitrogen and oxygen atoms in total. The lowest BCUT2D eigenvalue weighted by atomic mass is 9.57. The molecule has 3 aliphatic carbocycles. The summed E-state index contributed by atoms with van der Waals surface area (Å²) in [4.78, 5) is 17.3. The minimum atomic E-state index is -1.08. The number of aromatic nitrogens is 1. The SMILES string of the molecule is [B]c1cc(C(C)(C)O)c2oc(C34CCC(NC(=O)OCc5ccccc5)(CC3)CC4)nc2c1. The topological polar surface area (TPSA) is 84.6 Å². The molecule has 2 bridgehead atoms. The van der Waals surface area contributed by atoms with Gasteiger partial charge in [-0.05, 0) is 64.0 Å². The average Bonchev–Trinajstić information content (AvgIpc) is 3.23. The molecule has 33 heavy (non-hydrogen) atoms. The molecule has 0 saturated heterocycles. The molecule has 3 aliphatic rings. The highest BCUT2D eigenvalue weighted by Gasteiger charge is 2.52. The van der Waals surface area contributed by atoms with E-state index < -0.39 is 5.60 Å². The van der Waals surface area contributed by atoms with Gasteiger partial charge in [-0.1, -0.05) is 41.9 Å². The van der Waals surface area contributed by atoms with Crippen molar-refractivity contribution in [3.05, 3.63) is 59.5 Å². The third-order valence-electron chi connectivity index (χ3n) is 7.45. The van der Waals surface area contributed by atoms with Crippen molar-refractivity contribution in [1.82, 2.24) is 10.3 Å². The Hall–Kier alpha value is -2.80. The van der Waals surface area contributed by atoms with E-state index in [9.17, 15) is 9.90 Å². The van der Waals surface area contributed by atoms with Crippen molar-refractivity contribution in [2.45, 2.75) is 75.5 Å². The van der Waals surface area contributed by atoms with Gasteiger partial charge in [0.25, 0.3) is 0 Å². The number of nitrogens with one attached hydrogen (secondary N) is 1. The monoisotopic (exact) mass is 444 g/mol. The predicted molar refractivity (Wildman–Crippen MR) is 127 cm³/mol. The van der Waals surface area contributed by atoms with Crippen molar-refractivity contribution in [2.24, 2.45) is 0 Å². The average molecular weight is 444 g/mol. The zero-order valence-electron chi connectivity index (χ0n) is 19.2. The predicted octanol–water partition coefficient (Wildman–Crippen LogP) is 4.12. The van der Waals surface area contributed by atoms with Crippen LogP contribution < -0.4 is 10.8 Å². The molecule has 6 rings (SSSR count). The van der Waals surface area contributed by atoms with Crippen LogP contribution >= 0.6 is 0 Å². The van der Waals surface area contributed by atoms with Crippen LogP contribution in [-0.4, -0.2) is 29.6 Å².